The molecule has 0 aliphatic carbocycles. The first-order chi connectivity index (χ1) is 14.2. The Bertz CT molecular complexity index is 999. The van der Waals surface area contributed by atoms with Crippen LogP contribution in [0.5, 0.6) is 0 Å². The van der Waals surface area contributed by atoms with Gasteiger partial charge in [-0.15, -0.1) is 15.3 Å². The topological polar surface area (TPSA) is 84.7 Å². The van der Waals surface area contributed by atoms with Crippen molar-refractivity contribution in [3.63, 3.8) is 0 Å². The molecule has 2 fully saturated rings. The lowest BCUT2D eigenvalue weighted by molar-refractivity contribution is -0.131. The maximum absolute atomic E-state index is 13.4. The first-order valence-corrected chi connectivity index (χ1v) is 10.1. The Morgan fingerprint density at radius 1 is 1.14 bits per heavy atom. The summed E-state index contributed by atoms with van der Waals surface area (Å²) in [5, 5.41) is 15.8. The van der Waals surface area contributed by atoms with Gasteiger partial charge in [0.05, 0.1) is 5.41 Å². The third-order valence-corrected chi connectivity index (χ3v) is 6.10. The molecule has 2 aliphatic heterocycles. The van der Waals surface area contributed by atoms with Crippen molar-refractivity contribution in [2.24, 2.45) is 0 Å². The van der Waals surface area contributed by atoms with E-state index in [1.54, 1.807) is 10.8 Å². The Morgan fingerprint density at radius 2 is 1.97 bits per heavy atom. The lowest BCUT2D eigenvalue weighted by Gasteiger charge is -2.37. The molecular formula is C21H24N6O2. The Balaban J connectivity index is 1.31. The molecule has 5 rings (SSSR count). The monoisotopic (exact) mass is 392 g/mol. The number of benzene rings is 1. The first kappa shape index (κ1) is 18.1. The van der Waals surface area contributed by atoms with Gasteiger partial charge in [0.25, 0.3) is 0 Å². The van der Waals surface area contributed by atoms with Crippen LogP contribution in [0, 0.1) is 0 Å². The Labute approximate surface area is 168 Å². The number of amides is 1. The van der Waals surface area contributed by atoms with Gasteiger partial charge in [0.1, 0.15) is 12.1 Å². The molecule has 2 saturated heterocycles. The van der Waals surface area contributed by atoms with Crippen LogP contribution in [-0.2, 0) is 14.9 Å². The van der Waals surface area contributed by atoms with Crippen LogP contribution in [0.4, 0.5) is 5.82 Å². The fourth-order valence-corrected chi connectivity index (χ4v) is 4.42. The molecule has 29 heavy (non-hydrogen) atoms. The van der Waals surface area contributed by atoms with Crippen LogP contribution in [0.3, 0.4) is 0 Å². The smallest absolute Gasteiger partial charge is 0.231 e. The highest BCUT2D eigenvalue weighted by Gasteiger charge is 2.42. The fraction of sp³-hybridized carbons (Fsp3) is 0.429. The summed E-state index contributed by atoms with van der Waals surface area (Å²) in [5.41, 5.74) is 1.30. The van der Waals surface area contributed by atoms with Gasteiger partial charge in [-0.05, 0) is 37.0 Å². The Hall–Kier alpha value is -3.00. The molecular weight excluding hydrogens is 368 g/mol. The van der Waals surface area contributed by atoms with Crippen LogP contribution in [0.2, 0.25) is 0 Å². The van der Waals surface area contributed by atoms with Crippen LogP contribution in [0.1, 0.15) is 24.8 Å². The van der Waals surface area contributed by atoms with E-state index in [2.05, 4.69) is 37.6 Å². The molecule has 0 unspecified atom stereocenters. The molecule has 1 atom stereocenters. The number of carbonyl (C=O) groups excluding carboxylic acids is 1. The van der Waals surface area contributed by atoms with Gasteiger partial charge in [0, 0.05) is 32.3 Å². The van der Waals surface area contributed by atoms with Crippen molar-refractivity contribution in [3.8, 4) is 0 Å². The summed E-state index contributed by atoms with van der Waals surface area (Å²) in [7, 11) is 0. The predicted octanol–water partition coefficient (Wildman–Crippen LogP) is 1.57. The number of hydrogen-bond acceptors (Lipinski definition) is 6. The average Bonchev–Trinajstić information content (AvgIpc) is 3.43. The number of ether oxygens (including phenoxy) is 1. The highest BCUT2D eigenvalue weighted by Crippen LogP contribution is 2.35. The molecule has 1 amide bonds. The number of anilines is 1. The summed E-state index contributed by atoms with van der Waals surface area (Å²) in [6, 6.07) is 14.1. The van der Waals surface area contributed by atoms with E-state index in [9.17, 15) is 4.79 Å². The highest BCUT2D eigenvalue weighted by atomic mass is 16.5. The summed E-state index contributed by atoms with van der Waals surface area (Å²) < 4.78 is 7.24. The average molecular weight is 392 g/mol. The summed E-state index contributed by atoms with van der Waals surface area (Å²) in [5.74, 6) is 0.985. The van der Waals surface area contributed by atoms with Crippen LogP contribution in [0.25, 0.3) is 5.65 Å². The number of nitrogens with one attached hydrogen (secondary N) is 1. The number of hydrogen-bond donors (Lipinski definition) is 1. The minimum absolute atomic E-state index is 0.101. The molecule has 0 bridgehead atoms. The van der Waals surface area contributed by atoms with Crippen molar-refractivity contribution < 1.29 is 9.53 Å². The van der Waals surface area contributed by atoms with Gasteiger partial charge in [0.15, 0.2) is 5.65 Å². The molecule has 4 heterocycles. The first-order valence-electron chi connectivity index (χ1n) is 10.1. The Morgan fingerprint density at radius 3 is 2.79 bits per heavy atom. The molecule has 0 radical (unpaired) electrons. The third-order valence-electron chi connectivity index (χ3n) is 6.10. The van der Waals surface area contributed by atoms with Gasteiger partial charge in [-0.1, -0.05) is 30.3 Å². The van der Waals surface area contributed by atoms with E-state index >= 15 is 0 Å². The summed E-state index contributed by atoms with van der Waals surface area (Å²) in [6.45, 7) is 2.82. The van der Waals surface area contributed by atoms with Crippen molar-refractivity contribution in [2.75, 3.05) is 31.2 Å². The quantitative estimate of drug-likeness (QED) is 0.726. The summed E-state index contributed by atoms with van der Waals surface area (Å²) in [6.07, 6.45) is 3.92. The van der Waals surface area contributed by atoms with E-state index in [1.807, 2.05) is 30.3 Å². The summed E-state index contributed by atoms with van der Waals surface area (Å²) in [4.78, 5) is 15.6. The number of nitrogens with zero attached hydrogens (tertiary/aromatic N) is 5. The Kier molecular flexibility index (Phi) is 4.63. The van der Waals surface area contributed by atoms with Gasteiger partial charge in [-0.2, -0.15) is 4.52 Å². The molecule has 8 heteroatoms. The molecule has 0 spiro atoms. The molecule has 150 valence electrons. The number of fused-ring (bicyclic) bond motifs is 1. The number of rotatable bonds is 4. The highest BCUT2D eigenvalue weighted by molar-refractivity contribution is 5.88. The fourth-order valence-electron chi connectivity index (χ4n) is 4.42. The second-order valence-corrected chi connectivity index (χ2v) is 7.79. The van der Waals surface area contributed by atoms with E-state index in [-0.39, 0.29) is 11.9 Å². The zero-order valence-corrected chi connectivity index (χ0v) is 16.2. The van der Waals surface area contributed by atoms with E-state index in [0.717, 1.165) is 36.5 Å². The largest absolute Gasteiger partial charge is 0.381 e. The lowest BCUT2D eigenvalue weighted by atomic mass is 9.73. The van der Waals surface area contributed by atoms with Crippen molar-refractivity contribution in [3.05, 3.63) is 54.4 Å². The molecule has 2 aromatic heterocycles. The van der Waals surface area contributed by atoms with Crippen LogP contribution in [-0.4, -0.2) is 58.1 Å². The maximum atomic E-state index is 13.4. The summed E-state index contributed by atoms with van der Waals surface area (Å²) >= 11 is 0. The molecule has 2 aliphatic rings. The third kappa shape index (κ3) is 3.33. The second-order valence-electron chi connectivity index (χ2n) is 7.79. The number of carbonyl (C=O) groups is 1. The molecule has 8 nitrogen and oxygen atoms in total. The van der Waals surface area contributed by atoms with E-state index in [4.69, 9.17) is 4.74 Å². The maximum Gasteiger partial charge on any atom is 0.231 e. The minimum Gasteiger partial charge on any atom is -0.381 e. The zero-order valence-electron chi connectivity index (χ0n) is 16.2. The SMILES string of the molecule is O=C(N[C@@H]1CCN(c2ccc3nncn3n2)C1)C1(c2ccccc2)CCOCC1. The van der Waals surface area contributed by atoms with Gasteiger partial charge in [0.2, 0.25) is 5.91 Å². The van der Waals surface area contributed by atoms with Gasteiger partial charge >= 0.3 is 0 Å². The number of aromatic nitrogens is 4. The van der Waals surface area contributed by atoms with Crippen molar-refractivity contribution >= 4 is 17.4 Å². The van der Waals surface area contributed by atoms with Crippen molar-refractivity contribution in [2.45, 2.75) is 30.7 Å². The van der Waals surface area contributed by atoms with Gasteiger partial charge in [-0.3, -0.25) is 4.79 Å². The zero-order chi connectivity index (χ0) is 19.7. The molecule has 0 saturated carbocycles. The van der Waals surface area contributed by atoms with Crippen molar-refractivity contribution in [1.29, 1.82) is 0 Å². The van der Waals surface area contributed by atoms with Crippen LogP contribution in [0.15, 0.2) is 48.8 Å². The minimum atomic E-state index is -0.507. The normalized spacial score (nSPS) is 21.4. The molecule has 1 aromatic carbocycles. The van der Waals surface area contributed by atoms with Crippen LogP contribution < -0.4 is 10.2 Å². The van der Waals surface area contributed by atoms with E-state index < -0.39 is 5.41 Å². The van der Waals surface area contributed by atoms with E-state index in [0.29, 0.717) is 26.1 Å². The molecule has 1 N–H and O–H groups in total. The standard InChI is InChI=1S/C21H24N6O2/c28-20(21(9-12-29-13-10-21)16-4-2-1-3-5-16)23-17-8-11-26(14-17)19-7-6-18-24-22-15-27(18)25-19/h1-7,15,17H,8-14H2,(H,23,28)/t17-/m1/s1. The lowest BCUT2D eigenvalue weighted by Crippen LogP contribution is -2.51. The second kappa shape index (κ2) is 7.44. The van der Waals surface area contributed by atoms with Gasteiger partial charge < -0.3 is 15.0 Å². The van der Waals surface area contributed by atoms with Gasteiger partial charge in [-0.25, -0.2) is 0 Å². The molecule has 3 aromatic rings. The predicted molar refractivity (Wildman–Crippen MR) is 108 cm³/mol. The van der Waals surface area contributed by atoms with Crippen LogP contribution >= 0.6 is 0 Å². The van der Waals surface area contributed by atoms with Crippen molar-refractivity contribution in [1.82, 2.24) is 25.1 Å². The van der Waals surface area contributed by atoms with E-state index in [1.165, 1.54) is 0 Å².